The Kier molecular flexibility index (Phi) is 4.38. The van der Waals surface area contributed by atoms with E-state index in [0.717, 1.165) is 18.2 Å². The van der Waals surface area contributed by atoms with Crippen molar-refractivity contribution in [1.82, 2.24) is 5.16 Å². The normalized spacial score (nSPS) is 12.9. The van der Waals surface area contributed by atoms with E-state index in [2.05, 4.69) is 10.5 Å². The van der Waals surface area contributed by atoms with Gasteiger partial charge < -0.3 is 19.3 Å². The maximum absolute atomic E-state index is 12.8. The second-order valence-corrected chi connectivity index (χ2v) is 6.20. The molecular formula is C18H10ClF3N2O4. The molecule has 1 amide bonds. The number of aromatic nitrogens is 1. The van der Waals surface area contributed by atoms with Crippen LogP contribution in [-0.4, -0.2) is 17.9 Å². The molecule has 1 aliphatic rings. The number of rotatable bonds is 3. The van der Waals surface area contributed by atoms with Crippen molar-refractivity contribution in [3.05, 3.63) is 58.7 Å². The molecule has 1 N–H and O–H groups in total. The van der Waals surface area contributed by atoms with Crippen LogP contribution in [0.5, 0.6) is 11.5 Å². The lowest BCUT2D eigenvalue weighted by molar-refractivity contribution is -0.137. The van der Waals surface area contributed by atoms with Gasteiger partial charge in [-0.15, -0.1) is 0 Å². The molecule has 0 spiro atoms. The summed E-state index contributed by atoms with van der Waals surface area (Å²) in [5.74, 6) is 0.617. The van der Waals surface area contributed by atoms with Gasteiger partial charge in [-0.25, -0.2) is 0 Å². The lowest BCUT2D eigenvalue weighted by atomic mass is 10.1. The van der Waals surface area contributed by atoms with Gasteiger partial charge >= 0.3 is 6.18 Å². The highest BCUT2D eigenvalue weighted by molar-refractivity contribution is 6.33. The SMILES string of the molecule is O=C(Nc1cc(C(F)(F)F)ccc1Cl)c1cc(-c2ccc3c(c2)OCO3)on1. The highest BCUT2D eigenvalue weighted by Gasteiger charge is 2.31. The predicted molar refractivity (Wildman–Crippen MR) is 92.5 cm³/mol. The number of fused-ring (bicyclic) bond motifs is 1. The molecule has 1 aromatic heterocycles. The Morgan fingerprint density at radius 3 is 2.64 bits per heavy atom. The fourth-order valence-corrected chi connectivity index (χ4v) is 2.72. The molecule has 0 unspecified atom stereocenters. The van der Waals surface area contributed by atoms with Crippen LogP contribution in [0.15, 0.2) is 47.0 Å². The second-order valence-electron chi connectivity index (χ2n) is 5.79. The maximum Gasteiger partial charge on any atom is 0.416 e. The minimum Gasteiger partial charge on any atom is -0.454 e. The fourth-order valence-electron chi connectivity index (χ4n) is 2.55. The van der Waals surface area contributed by atoms with Gasteiger partial charge in [-0.1, -0.05) is 16.8 Å². The summed E-state index contributed by atoms with van der Waals surface area (Å²) in [6, 6.07) is 9.02. The summed E-state index contributed by atoms with van der Waals surface area (Å²) in [5, 5.41) is 5.93. The van der Waals surface area contributed by atoms with Crippen LogP contribution in [0.1, 0.15) is 16.1 Å². The van der Waals surface area contributed by atoms with Crippen LogP contribution in [0.2, 0.25) is 5.02 Å². The number of carbonyl (C=O) groups excluding carboxylic acids is 1. The molecule has 0 atom stereocenters. The topological polar surface area (TPSA) is 73.6 Å². The first-order valence-electron chi connectivity index (χ1n) is 7.86. The van der Waals surface area contributed by atoms with Crippen molar-refractivity contribution in [2.24, 2.45) is 0 Å². The summed E-state index contributed by atoms with van der Waals surface area (Å²) >= 11 is 5.88. The Morgan fingerprint density at radius 2 is 1.86 bits per heavy atom. The Morgan fingerprint density at radius 1 is 1.07 bits per heavy atom. The third-order valence-electron chi connectivity index (χ3n) is 3.94. The van der Waals surface area contributed by atoms with Crippen molar-refractivity contribution in [3.63, 3.8) is 0 Å². The molecule has 6 nitrogen and oxygen atoms in total. The molecule has 0 aliphatic carbocycles. The van der Waals surface area contributed by atoms with Gasteiger partial charge in [-0.2, -0.15) is 13.2 Å². The maximum atomic E-state index is 12.8. The van der Waals surface area contributed by atoms with Crippen LogP contribution in [0.3, 0.4) is 0 Å². The van der Waals surface area contributed by atoms with Crippen molar-refractivity contribution in [2.45, 2.75) is 6.18 Å². The summed E-state index contributed by atoms with van der Waals surface area (Å²) in [5.41, 5.74) is -0.656. The van der Waals surface area contributed by atoms with Crippen molar-refractivity contribution in [1.29, 1.82) is 0 Å². The third kappa shape index (κ3) is 3.48. The Balaban J connectivity index is 1.56. The standard InChI is InChI=1S/C18H10ClF3N2O4/c19-11-3-2-10(18(20,21)22)6-12(11)23-17(25)13-7-15(28-24-13)9-1-4-14-16(5-9)27-8-26-14/h1-7H,8H2,(H,23,25). The summed E-state index contributed by atoms with van der Waals surface area (Å²) in [7, 11) is 0. The van der Waals surface area contributed by atoms with Crippen LogP contribution in [0.25, 0.3) is 11.3 Å². The molecule has 0 fully saturated rings. The van der Waals surface area contributed by atoms with Crippen molar-refractivity contribution in [3.8, 4) is 22.8 Å². The molecule has 1 aliphatic heterocycles. The fraction of sp³-hybridized carbons (Fsp3) is 0.111. The lowest BCUT2D eigenvalue weighted by Gasteiger charge is -2.10. The molecule has 2 heterocycles. The molecule has 0 saturated carbocycles. The summed E-state index contributed by atoms with van der Waals surface area (Å²) < 4.78 is 54.2. The van der Waals surface area contributed by atoms with Gasteiger partial charge in [0.15, 0.2) is 23.0 Å². The highest BCUT2D eigenvalue weighted by atomic mass is 35.5. The van der Waals surface area contributed by atoms with E-state index in [9.17, 15) is 18.0 Å². The van der Waals surface area contributed by atoms with Gasteiger partial charge in [-0.3, -0.25) is 4.79 Å². The van der Waals surface area contributed by atoms with E-state index < -0.39 is 17.6 Å². The average Bonchev–Trinajstić information content (AvgIpc) is 3.31. The molecule has 10 heteroatoms. The van der Waals surface area contributed by atoms with E-state index >= 15 is 0 Å². The highest BCUT2D eigenvalue weighted by Crippen LogP contribution is 2.36. The molecule has 0 bridgehead atoms. The Labute approximate surface area is 160 Å². The zero-order chi connectivity index (χ0) is 19.9. The molecule has 0 radical (unpaired) electrons. The number of amides is 1. The van der Waals surface area contributed by atoms with Crippen molar-refractivity contribution in [2.75, 3.05) is 12.1 Å². The van der Waals surface area contributed by atoms with Gasteiger partial charge in [0.2, 0.25) is 6.79 Å². The minimum atomic E-state index is -4.57. The first-order chi connectivity index (χ1) is 13.3. The Bertz CT molecular complexity index is 1070. The van der Waals surface area contributed by atoms with Gasteiger partial charge in [0.25, 0.3) is 5.91 Å². The van der Waals surface area contributed by atoms with E-state index in [1.165, 1.54) is 6.07 Å². The van der Waals surface area contributed by atoms with Gasteiger partial charge in [-0.05, 0) is 36.4 Å². The van der Waals surface area contributed by atoms with Crippen LogP contribution in [-0.2, 0) is 6.18 Å². The first kappa shape index (κ1) is 18.2. The molecule has 4 rings (SSSR count). The predicted octanol–water partition coefficient (Wildman–Crippen LogP) is 4.99. The molecule has 144 valence electrons. The number of nitrogens with one attached hydrogen (secondary N) is 1. The number of benzene rings is 2. The number of anilines is 1. The van der Waals surface area contributed by atoms with Gasteiger partial charge in [0.1, 0.15) is 0 Å². The lowest BCUT2D eigenvalue weighted by Crippen LogP contribution is -2.14. The third-order valence-corrected chi connectivity index (χ3v) is 4.27. The smallest absolute Gasteiger partial charge is 0.416 e. The number of halogens is 4. The first-order valence-corrected chi connectivity index (χ1v) is 8.24. The Hall–Kier alpha value is -3.20. The van der Waals surface area contributed by atoms with E-state index in [1.807, 2.05) is 0 Å². The summed E-state index contributed by atoms with van der Waals surface area (Å²) in [6.45, 7) is 0.112. The second kappa shape index (κ2) is 6.75. The molecule has 3 aromatic rings. The van der Waals surface area contributed by atoms with Gasteiger partial charge in [0.05, 0.1) is 16.3 Å². The monoisotopic (exact) mass is 410 g/mol. The quantitative estimate of drug-likeness (QED) is 0.658. The zero-order valence-electron chi connectivity index (χ0n) is 13.8. The van der Waals surface area contributed by atoms with Crippen molar-refractivity contribution < 1.29 is 32.0 Å². The number of alkyl halides is 3. The number of hydrogen-bond acceptors (Lipinski definition) is 5. The minimum absolute atomic E-state index is 0.0409. The van der Waals surface area contributed by atoms with E-state index in [4.69, 9.17) is 25.6 Å². The van der Waals surface area contributed by atoms with Crippen LogP contribution in [0.4, 0.5) is 18.9 Å². The number of nitrogens with zero attached hydrogens (tertiary/aromatic N) is 1. The number of hydrogen-bond donors (Lipinski definition) is 1. The number of ether oxygens (including phenoxy) is 2. The van der Waals surface area contributed by atoms with Crippen LogP contribution >= 0.6 is 11.6 Å². The van der Waals surface area contributed by atoms with Gasteiger partial charge in [0, 0.05) is 11.6 Å². The summed E-state index contributed by atoms with van der Waals surface area (Å²) in [4.78, 5) is 12.3. The van der Waals surface area contributed by atoms with Crippen LogP contribution in [0, 0.1) is 0 Å². The molecule has 2 aromatic carbocycles. The molecule has 28 heavy (non-hydrogen) atoms. The van der Waals surface area contributed by atoms with E-state index in [0.29, 0.717) is 17.1 Å². The van der Waals surface area contributed by atoms with Crippen LogP contribution < -0.4 is 14.8 Å². The van der Waals surface area contributed by atoms with Crippen molar-refractivity contribution >= 4 is 23.2 Å². The van der Waals surface area contributed by atoms with E-state index in [-0.39, 0.29) is 29.0 Å². The molecule has 0 saturated heterocycles. The summed E-state index contributed by atoms with van der Waals surface area (Å²) in [6.07, 6.45) is -4.57. The zero-order valence-corrected chi connectivity index (χ0v) is 14.6. The molecular weight excluding hydrogens is 401 g/mol. The largest absolute Gasteiger partial charge is 0.454 e. The van der Waals surface area contributed by atoms with E-state index in [1.54, 1.807) is 18.2 Å². The average molecular weight is 411 g/mol. The number of carbonyl (C=O) groups is 1.